The van der Waals surface area contributed by atoms with E-state index in [1.54, 1.807) is 30.3 Å². The van der Waals surface area contributed by atoms with E-state index in [1.165, 1.54) is 26.4 Å². The number of methoxy groups -OCH3 is 2. The average Bonchev–Trinajstić information content (AvgIpc) is 2.70. The van der Waals surface area contributed by atoms with Crippen molar-refractivity contribution in [2.24, 2.45) is 0 Å². The lowest BCUT2D eigenvalue weighted by Gasteiger charge is -2.08. The predicted octanol–water partition coefficient (Wildman–Crippen LogP) is 3.18. The maximum absolute atomic E-state index is 13.3. The fourth-order valence-electron chi connectivity index (χ4n) is 2.19. The molecule has 2 aromatic carbocycles. The van der Waals surface area contributed by atoms with Crippen molar-refractivity contribution in [3.63, 3.8) is 0 Å². The third-order valence-electron chi connectivity index (χ3n) is 3.56. The van der Waals surface area contributed by atoms with Gasteiger partial charge >= 0.3 is 5.97 Å². The van der Waals surface area contributed by atoms with Gasteiger partial charge in [-0.15, -0.1) is 0 Å². The second-order valence-corrected chi connectivity index (χ2v) is 5.29. The molecule has 0 amide bonds. The Morgan fingerprint density at radius 2 is 1.81 bits per heavy atom. The molecule has 0 radical (unpaired) electrons. The van der Waals surface area contributed by atoms with Crippen molar-refractivity contribution in [1.82, 2.24) is 0 Å². The van der Waals surface area contributed by atoms with Crippen LogP contribution < -0.4 is 9.47 Å². The number of nitriles is 1. The average molecular weight is 369 g/mol. The summed E-state index contributed by atoms with van der Waals surface area (Å²) in [4.78, 5) is 24.2. The molecular weight excluding hydrogens is 353 g/mol. The van der Waals surface area contributed by atoms with Gasteiger partial charge in [0.2, 0.25) is 5.78 Å². The third-order valence-corrected chi connectivity index (χ3v) is 3.56. The van der Waals surface area contributed by atoms with Gasteiger partial charge in [-0.2, -0.15) is 5.26 Å². The molecule has 0 saturated carbocycles. The number of halogens is 1. The number of nitrogens with zero attached hydrogens (tertiary/aromatic N) is 1. The first-order valence-electron chi connectivity index (χ1n) is 7.78. The number of hydrogen-bond donors (Lipinski definition) is 0. The summed E-state index contributed by atoms with van der Waals surface area (Å²) in [5.41, 5.74) is 0.254. The summed E-state index contributed by atoms with van der Waals surface area (Å²) >= 11 is 0. The molecule has 0 N–H and O–H groups in total. The standard InChI is InChI=1S/C20H16FNO5/c1-25-16-6-3-13(4-7-16)9-14(11-22)20(24)27-12-18(23)17-10-15(21)5-8-19(17)26-2/h3-10H,12H2,1-2H3/b14-9+. The lowest BCUT2D eigenvalue weighted by atomic mass is 10.1. The normalized spacial score (nSPS) is 10.7. The summed E-state index contributed by atoms with van der Waals surface area (Å²) < 4.78 is 28.3. The van der Waals surface area contributed by atoms with Gasteiger partial charge < -0.3 is 14.2 Å². The fraction of sp³-hybridized carbons (Fsp3) is 0.150. The van der Waals surface area contributed by atoms with E-state index in [4.69, 9.17) is 19.5 Å². The number of carbonyl (C=O) groups excluding carboxylic acids is 2. The molecule has 0 atom stereocenters. The topological polar surface area (TPSA) is 85.6 Å². The molecule has 0 aliphatic carbocycles. The second kappa shape index (κ2) is 9.15. The van der Waals surface area contributed by atoms with Crippen LogP contribution in [-0.2, 0) is 9.53 Å². The van der Waals surface area contributed by atoms with Crippen molar-refractivity contribution in [3.05, 3.63) is 65.0 Å². The van der Waals surface area contributed by atoms with Crippen LogP contribution in [0.1, 0.15) is 15.9 Å². The minimum Gasteiger partial charge on any atom is -0.497 e. The number of ketones is 1. The van der Waals surface area contributed by atoms with Gasteiger partial charge in [0, 0.05) is 0 Å². The summed E-state index contributed by atoms with van der Waals surface area (Å²) in [6.45, 7) is -0.653. The maximum Gasteiger partial charge on any atom is 0.349 e. The molecule has 0 heterocycles. The number of hydrogen-bond acceptors (Lipinski definition) is 6. The van der Waals surface area contributed by atoms with Gasteiger partial charge in [0.1, 0.15) is 29.0 Å². The number of Topliss-reactive ketones (excluding diaryl/α,β-unsaturated/α-hetero) is 1. The van der Waals surface area contributed by atoms with Gasteiger partial charge in [-0.25, -0.2) is 9.18 Å². The van der Waals surface area contributed by atoms with E-state index in [0.29, 0.717) is 11.3 Å². The molecular formula is C20H16FNO5. The fourth-order valence-corrected chi connectivity index (χ4v) is 2.19. The maximum atomic E-state index is 13.3. The van der Waals surface area contributed by atoms with Crippen LogP contribution in [0.3, 0.4) is 0 Å². The molecule has 0 spiro atoms. The Bertz CT molecular complexity index is 913. The Balaban J connectivity index is 2.08. The summed E-state index contributed by atoms with van der Waals surface area (Å²) in [5, 5.41) is 9.16. The summed E-state index contributed by atoms with van der Waals surface area (Å²) in [6, 6.07) is 11.8. The molecule has 6 nitrogen and oxygen atoms in total. The van der Waals surface area contributed by atoms with E-state index in [2.05, 4.69) is 0 Å². The van der Waals surface area contributed by atoms with Gasteiger partial charge in [-0.05, 0) is 42.0 Å². The highest BCUT2D eigenvalue weighted by molar-refractivity contribution is 6.03. The highest BCUT2D eigenvalue weighted by atomic mass is 19.1. The van der Waals surface area contributed by atoms with Crippen molar-refractivity contribution in [2.45, 2.75) is 0 Å². The van der Waals surface area contributed by atoms with Gasteiger partial charge in [0.25, 0.3) is 0 Å². The van der Waals surface area contributed by atoms with Crippen LogP contribution in [0, 0.1) is 17.1 Å². The molecule has 0 fully saturated rings. The van der Waals surface area contributed by atoms with Crippen molar-refractivity contribution < 1.29 is 28.2 Å². The first kappa shape index (κ1) is 19.7. The first-order valence-corrected chi connectivity index (χ1v) is 7.78. The van der Waals surface area contributed by atoms with E-state index < -0.39 is 24.2 Å². The molecule has 0 aromatic heterocycles. The number of benzene rings is 2. The van der Waals surface area contributed by atoms with E-state index in [0.717, 1.165) is 12.1 Å². The first-order chi connectivity index (χ1) is 13.0. The summed E-state index contributed by atoms with van der Waals surface area (Å²) in [5.74, 6) is -1.45. The van der Waals surface area contributed by atoms with Crippen LogP contribution in [0.5, 0.6) is 11.5 Å². The Morgan fingerprint density at radius 1 is 1.11 bits per heavy atom. The minimum atomic E-state index is -0.961. The molecule has 27 heavy (non-hydrogen) atoms. The zero-order valence-electron chi connectivity index (χ0n) is 14.7. The van der Waals surface area contributed by atoms with Crippen LogP contribution in [0.2, 0.25) is 0 Å². The van der Waals surface area contributed by atoms with Crippen molar-refractivity contribution in [3.8, 4) is 17.6 Å². The molecule has 0 aliphatic heterocycles. The van der Waals surface area contributed by atoms with Gasteiger partial charge in [-0.1, -0.05) is 12.1 Å². The molecule has 7 heteroatoms. The molecule has 0 bridgehead atoms. The summed E-state index contributed by atoms with van der Waals surface area (Å²) in [6.07, 6.45) is 1.33. The number of esters is 1. The Kier molecular flexibility index (Phi) is 6.67. The van der Waals surface area contributed by atoms with E-state index in [9.17, 15) is 14.0 Å². The Hall–Kier alpha value is -3.66. The van der Waals surface area contributed by atoms with Crippen LogP contribution in [0.15, 0.2) is 48.0 Å². The van der Waals surface area contributed by atoms with Crippen molar-refractivity contribution in [1.29, 1.82) is 5.26 Å². The van der Waals surface area contributed by atoms with Crippen LogP contribution in [0.4, 0.5) is 4.39 Å². The molecule has 2 rings (SSSR count). The highest BCUT2D eigenvalue weighted by Gasteiger charge is 2.17. The quantitative estimate of drug-likeness (QED) is 0.322. The van der Waals surface area contributed by atoms with Crippen molar-refractivity contribution >= 4 is 17.8 Å². The largest absolute Gasteiger partial charge is 0.497 e. The highest BCUT2D eigenvalue weighted by Crippen LogP contribution is 2.20. The lowest BCUT2D eigenvalue weighted by Crippen LogP contribution is -2.16. The smallest absolute Gasteiger partial charge is 0.349 e. The van der Waals surface area contributed by atoms with Crippen LogP contribution >= 0.6 is 0 Å². The predicted molar refractivity (Wildman–Crippen MR) is 94.8 cm³/mol. The molecule has 0 aliphatic rings. The van der Waals surface area contributed by atoms with Gasteiger partial charge in [0.15, 0.2) is 6.61 Å². The molecule has 138 valence electrons. The molecule has 0 unspecified atom stereocenters. The third kappa shape index (κ3) is 5.16. The minimum absolute atomic E-state index is 0.0528. The van der Waals surface area contributed by atoms with Gasteiger partial charge in [0.05, 0.1) is 19.8 Å². The Morgan fingerprint density at radius 3 is 2.41 bits per heavy atom. The SMILES string of the molecule is COc1ccc(/C=C(\C#N)C(=O)OCC(=O)c2cc(F)ccc2OC)cc1. The van der Waals surface area contributed by atoms with Crippen LogP contribution in [-0.4, -0.2) is 32.6 Å². The zero-order chi connectivity index (χ0) is 19.8. The second-order valence-electron chi connectivity index (χ2n) is 5.29. The molecule has 2 aromatic rings. The zero-order valence-corrected chi connectivity index (χ0v) is 14.7. The Labute approximate surface area is 155 Å². The number of ether oxygens (including phenoxy) is 3. The van der Waals surface area contributed by atoms with E-state index in [-0.39, 0.29) is 16.9 Å². The van der Waals surface area contributed by atoms with Crippen LogP contribution in [0.25, 0.3) is 6.08 Å². The monoisotopic (exact) mass is 369 g/mol. The number of rotatable bonds is 7. The molecule has 0 saturated heterocycles. The van der Waals surface area contributed by atoms with Gasteiger partial charge in [-0.3, -0.25) is 4.79 Å². The summed E-state index contributed by atoms with van der Waals surface area (Å²) in [7, 11) is 2.86. The number of carbonyl (C=O) groups is 2. The lowest BCUT2D eigenvalue weighted by molar-refractivity contribution is -0.137. The van der Waals surface area contributed by atoms with Crippen molar-refractivity contribution in [2.75, 3.05) is 20.8 Å². The van der Waals surface area contributed by atoms with E-state index in [1.807, 2.05) is 0 Å². The van der Waals surface area contributed by atoms with E-state index >= 15 is 0 Å².